The molecule has 0 radical (unpaired) electrons. The molecule has 0 fully saturated rings. The number of hydrogen-bond donors (Lipinski definition) is 1. The average molecular weight is 154 g/mol. The molecular formula is C8H14N2O. The maximum atomic E-state index is 9.22. The van der Waals surface area contributed by atoms with Crippen LogP contribution in [0.15, 0.2) is 6.20 Å². The Morgan fingerprint density at radius 3 is 2.18 bits per heavy atom. The molecule has 62 valence electrons. The molecule has 1 rings (SSSR count). The molecule has 0 atom stereocenters. The van der Waals surface area contributed by atoms with Gasteiger partial charge in [-0.05, 0) is 27.7 Å². The summed E-state index contributed by atoms with van der Waals surface area (Å²) in [4.78, 5) is 0. The summed E-state index contributed by atoms with van der Waals surface area (Å²) in [7, 11) is 0. The van der Waals surface area contributed by atoms with Crippen molar-refractivity contribution in [3.8, 4) is 5.75 Å². The van der Waals surface area contributed by atoms with Crippen LogP contribution in [0.2, 0.25) is 0 Å². The summed E-state index contributed by atoms with van der Waals surface area (Å²) in [5.74, 6) is 0.264. The number of rotatable bonds is 0. The number of nitrogens with zero attached hydrogens (tertiary/aromatic N) is 2. The summed E-state index contributed by atoms with van der Waals surface area (Å²) in [6.45, 7) is 8.00. The van der Waals surface area contributed by atoms with Gasteiger partial charge < -0.3 is 5.11 Å². The van der Waals surface area contributed by atoms with E-state index in [1.54, 1.807) is 0 Å². The zero-order chi connectivity index (χ0) is 8.65. The van der Waals surface area contributed by atoms with Gasteiger partial charge in [0, 0.05) is 0 Å². The molecule has 1 N–H and O–H groups in total. The van der Waals surface area contributed by atoms with Gasteiger partial charge >= 0.3 is 0 Å². The Hall–Kier alpha value is -0.990. The van der Waals surface area contributed by atoms with Crippen molar-refractivity contribution < 1.29 is 5.11 Å². The molecule has 0 aliphatic rings. The molecule has 0 unspecified atom stereocenters. The van der Waals surface area contributed by atoms with Crippen LogP contribution in [0.1, 0.15) is 26.5 Å². The molecule has 3 heteroatoms. The van der Waals surface area contributed by atoms with Crippen molar-refractivity contribution in [1.82, 2.24) is 9.78 Å². The summed E-state index contributed by atoms with van der Waals surface area (Å²) in [5.41, 5.74) is 0.767. The van der Waals surface area contributed by atoms with Crippen LogP contribution >= 0.6 is 0 Å². The summed E-state index contributed by atoms with van der Waals surface area (Å²) in [6.07, 6.45) is 1.47. The third-order valence-corrected chi connectivity index (χ3v) is 1.62. The molecule has 0 amide bonds. The highest BCUT2D eigenvalue weighted by Crippen LogP contribution is 2.21. The van der Waals surface area contributed by atoms with Crippen LogP contribution in [-0.2, 0) is 5.54 Å². The summed E-state index contributed by atoms with van der Waals surface area (Å²) >= 11 is 0. The second-order valence-corrected chi connectivity index (χ2v) is 3.70. The molecular weight excluding hydrogens is 140 g/mol. The van der Waals surface area contributed by atoms with Crippen LogP contribution in [-0.4, -0.2) is 14.9 Å². The van der Waals surface area contributed by atoms with E-state index in [1.807, 2.05) is 32.4 Å². The molecule has 0 saturated carbocycles. The molecule has 0 aliphatic carbocycles. The minimum atomic E-state index is -0.0505. The lowest BCUT2D eigenvalue weighted by molar-refractivity contribution is 0.344. The fraction of sp³-hybridized carbons (Fsp3) is 0.625. The minimum absolute atomic E-state index is 0.0505. The van der Waals surface area contributed by atoms with E-state index in [0.717, 1.165) is 5.69 Å². The quantitative estimate of drug-likeness (QED) is 0.617. The number of aromatic nitrogens is 2. The van der Waals surface area contributed by atoms with E-state index in [0.29, 0.717) is 0 Å². The van der Waals surface area contributed by atoms with Crippen molar-refractivity contribution in [2.75, 3.05) is 0 Å². The van der Waals surface area contributed by atoms with Crippen LogP contribution in [0.25, 0.3) is 0 Å². The highest BCUT2D eigenvalue weighted by Gasteiger charge is 2.17. The Morgan fingerprint density at radius 2 is 2.00 bits per heavy atom. The van der Waals surface area contributed by atoms with Gasteiger partial charge in [0.2, 0.25) is 0 Å². The normalized spacial score (nSPS) is 12.0. The standard InChI is InChI=1S/C8H14N2O/c1-6-7(11)5-9-10(6)8(2,3)4/h5,11H,1-4H3. The fourth-order valence-corrected chi connectivity index (χ4v) is 1.08. The Balaban J connectivity index is 3.15. The van der Waals surface area contributed by atoms with Gasteiger partial charge in [-0.3, -0.25) is 4.68 Å². The van der Waals surface area contributed by atoms with Crippen LogP contribution in [0.3, 0.4) is 0 Å². The predicted octanol–water partition coefficient (Wildman–Crippen LogP) is 1.65. The monoisotopic (exact) mass is 154 g/mol. The molecule has 1 aromatic heterocycles. The molecule has 1 heterocycles. The summed E-state index contributed by atoms with van der Waals surface area (Å²) < 4.78 is 1.81. The topological polar surface area (TPSA) is 38.1 Å². The molecule has 0 aromatic carbocycles. The number of aromatic hydroxyl groups is 1. The van der Waals surface area contributed by atoms with Crippen molar-refractivity contribution in [3.05, 3.63) is 11.9 Å². The number of hydrogen-bond acceptors (Lipinski definition) is 2. The van der Waals surface area contributed by atoms with Gasteiger partial charge in [-0.1, -0.05) is 0 Å². The van der Waals surface area contributed by atoms with Crippen LogP contribution in [0.5, 0.6) is 5.75 Å². The van der Waals surface area contributed by atoms with Crippen molar-refractivity contribution in [1.29, 1.82) is 0 Å². The summed E-state index contributed by atoms with van der Waals surface area (Å²) in [6, 6.07) is 0. The molecule has 0 aliphatic heterocycles. The van der Waals surface area contributed by atoms with Gasteiger partial charge in [0.05, 0.1) is 17.4 Å². The Morgan fingerprint density at radius 1 is 1.45 bits per heavy atom. The molecule has 0 bridgehead atoms. The molecule has 0 saturated heterocycles. The second kappa shape index (κ2) is 2.26. The lowest BCUT2D eigenvalue weighted by Gasteiger charge is -2.20. The zero-order valence-corrected chi connectivity index (χ0v) is 7.42. The third-order valence-electron chi connectivity index (χ3n) is 1.62. The van der Waals surface area contributed by atoms with E-state index in [1.165, 1.54) is 6.20 Å². The Bertz CT molecular complexity index is 258. The zero-order valence-electron chi connectivity index (χ0n) is 7.42. The largest absolute Gasteiger partial charge is 0.504 e. The first-order valence-corrected chi connectivity index (χ1v) is 3.67. The smallest absolute Gasteiger partial charge is 0.156 e. The first-order valence-electron chi connectivity index (χ1n) is 3.67. The van der Waals surface area contributed by atoms with Crippen molar-refractivity contribution in [2.24, 2.45) is 0 Å². The van der Waals surface area contributed by atoms with E-state index in [2.05, 4.69) is 5.10 Å². The maximum Gasteiger partial charge on any atom is 0.156 e. The SMILES string of the molecule is Cc1c(O)cnn1C(C)(C)C. The molecule has 1 aromatic rings. The van der Waals surface area contributed by atoms with E-state index >= 15 is 0 Å². The van der Waals surface area contributed by atoms with Crippen molar-refractivity contribution in [2.45, 2.75) is 33.2 Å². The Kier molecular flexibility index (Phi) is 1.66. The highest BCUT2D eigenvalue weighted by molar-refractivity contribution is 5.22. The first-order chi connectivity index (χ1) is 4.93. The van der Waals surface area contributed by atoms with Crippen LogP contribution in [0, 0.1) is 6.92 Å². The van der Waals surface area contributed by atoms with Crippen LogP contribution in [0.4, 0.5) is 0 Å². The average Bonchev–Trinajstić information content (AvgIpc) is 2.11. The molecule has 3 nitrogen and oxygen atoms in total. The minimum Gasteiger partial charge on any atom is -0.504 e. The van der Waals surface area contributed by atoms with Crippen molar-refractivity contribution in [3.63, 3.8) is 0 Å². The van der Waals surface area contributed by atoms with Crippen LogP contribution < -0.4 is 0 Å². The van der Waals surface area contributed by atoms with Gasteiger partial charge in [-0.2, -0.15) is 5.10 Å². The highest BCUT2D eigenvalue weighted by atomic mass is 16.3. The van der Waals surface area contributed by atoms with E-state index < -0.39 is 0 Å². The van der Waals surface area contributed by atoms with E-state index in [9.17, 15) is 5.11 Å². The predicted molar refractivity (Wildman–Crippen MR) is 43.6 cm³/mol. The maximum absolute atomic E-state index is 9.22. The summed E-state index contributed by atoms with van der Waals surface area (Å²) in [5, 5.41) is 13.3. The molecule has 11 heavy (non-hydrogen) atoms. The van der Waals surface area contributed by atoms with E-state index in [-0.39, 0.29) is 11.3 Å². The van der Waals surface area contributed by atoms with Crippen molar-refractivity contribution >= 4 is 0 Å². The van der Waals surface area contributed by atoms with E-state index in [4.69, 9.17) is 0 Å². The Labute approximate surface area is 66.7 Å². The molecule has 0 spiro atoms. The first kappa shape index (κ1) is 8.11. The van der Waals surface area contributed by atoms with Gasteiger partial charge in [-0.25, -0.2) is 0 Å². The fourth-order valence-electron chi connectivity index (χ4n) is 1.08. The third kappa shape index (κ3) is 1.37. The van der Waals surface area contributed by atoms with Gasteiger partial charge in [0.25, 0.3) is 0 Å². The van der Waals surface area contributed by atoms with Gasteiger partial charge in [0.1, 0.15) is 0 Å². The lowest BCUT2D eigenvalue weighted by Crippen LogP contribution is -2.24. The van der Waals surface area contributed by atoms with Gasteiger partial charge in [-0.15, -0.1) is 0 Å². The second-order valence-electron chi connectivity index (χ2n) is 3.70. The van der Waals surface area contributed by atoms with Gasteiger partial charge in [0.15, 0.2) is 5.75 Å². The lowest BCUT2D eigenvalue weighted by atomic mass is 10.1.